The fourth-order valence-corrected chi connectivity index (χ4v) is 7.82. The molecule has 7 nitrogen and oxygen atoms in total. The Balaban J connectivity index is 1.000. The van der Waals surface area contributed by atoms with Crippen LogP contribution in [-0.4, -0.2) is 87.2 Å². The van der Waals surface area contributed by atoms with Crippen LogP contribution in [0, 0.1) is 22.7 Å². The largest absolute Gasteiger partial charge is 0.371 e. The first-order chi connectivity index (χ1) is 19.9. The minimum atomic E-state index is 0.165. The standard InChI is InChI=1S/C33H43ClN6O/c1-25-21-33(24-40(25)30-7-4-28(22-35)31(34)20-30)10-14-38(15-11-33)29-5-2-27(3-6-29)32(41)39-18-16-37(17-19-39)23-26-8-12-36-13-9-26/h2-7,20,25-26,36H,8-19,21,23-24H2,1H3. The van der Waals surface area contributed by atoms with Gasteiger partial charge in [0.15, 0.2) is 0 Å². The van der Waals surface area contributed by atoms with E-state index in [1.807, 2.05) is 35.2 Å². The molecule has 1 N–H and O–H groups in total. The van der Waals surface area contributed by atoms with Crippen LogP contribution < -0.4 is 15.1 Å². The lowest BCUT2D eigenvalue weighted by Crippen LogP contribution is -2.50. The van der Waals surface area contributed by atoms with Crippen LogP contribution in [0.5, 0.6) is 0 Å². The number of amides is 1. The van der Waals surface area contributed by atoms with Gasteiger partial charge < -0.3 is 20.0 Å². The zero-order valence-electron chi connectivity index (χ0n) is 24.3. The second-order valence-corrected chi connectivity index (χ2v) is 13.2. The van der Waals surface area contributed by atoms with Gasteiger partial charge in [-0.05, 0) is 106 Å². The Kier molecular flexibility index (Phi) is 8.44. The molecular weight excluding hydrogens is 532 g/mol. The monoisotopic (exact) mass is 574 g/mol. The lowest BCUT2D eigenvalue weighted by Gasteiger charge is -2.40. The summed E-state index contributed by atoms with van der Waals surface area (Å²) in [6.07, 6.45) is 6.03. The molecule has 0 bridgehead atoms. The van der Waals surface area contributed by atoms with Crippen LogP contribution in [0.4, 0.5) is 11.4 Å². The van der Waals surface area contributed by atoms with E-state index < -0.39 is 0 Å². The van der Waals surface area contributed by atoms with Crippen molar-refractivity contribution >= 4 is 28.9 Å². The summed E-state index contributed by atoms with van der Waals surface area (Å²) in [4.78, 5) is 22.8. The number of carbonyl (C=O) groups is 1. The van der Waals surface area contributed by atoms with Crippen molar-refractivity contribution in [1.29, 1.82) is 5.26 Å². The summed E-state index contributed by atoms with van der Waals surface area (Å²) < 4.78 is 0. The smallest absolute Gasteiger partial charge is 0.253 e. The van der Waals surface area contributed by atoms with Crippen LogP contribution in [0.1, 0.15) is 54.9 Å². The molecule has 0 aromatic heterocycles. The fourth-order valence-electron chi connectivity index (χ4n) is 7.60. The average Bonchev–Trinajstić information content (AvgIpc) is 3.33. The van der Waals surface area contributed by atoms with E-state index in [1.165, 1.54) is 31.5 Å². The molecule has 4 fully saturated rings. The average molecular weight is 575 g/mol. The first-order valence-corrected chi connectivity index (χ1v) is 15.8. The Labute approximate surface area is 250 Å². The summed E-state index contributed by atoms with van der Waals surface area (Å²) in [6.45, 7) is 12.5. The van der Waals surface area contributed by atoms with Gasteiger partial charge in [0.25, 0.3) is 5.91 Å². The maximum Gasteiger partial charge on any atom is 0.253 e. The minimum absolute atomic E-state index is 0.165. The molecule has 4 aliphatic heterocycles. The third kappa shape index (κ3) is 6.21. The highest BCUT2D eigenvalue weighted by atomic mass is 35.5. The van der Waals surface area contributed by atoms with Crippen molar-refractivity contribution in [3.63, 3.8) is 0 Å². The number of benzene rings is 2. The zero-order chi connectivity index (χ0) is 28.4. The Morgan fingerprint density at radius 1 is 1.00 bits per heavy atom. The summed E-state index contributed by atoms with van der Waals surface area (Å²) in [7, 11) is 0. The number of carbonyl (C=O) groups excluding carboxylic acids is 1. The molecule has 1 unspecified atom stereocenters. The van der Waals surface area contributed by atoms with Crippen LogP contribution in [0.25, 0.3) is 0 Å². The SMILES string of the molecule is CC1CC2(CCN(c3ccc(C(=O)N4CCN(CC5CCNCC5)CC4)cc3)CC2)CN1c1ccc(C#N)c(Cl)c1. The maximum absolute atomic E-state index is 13.2. The zero-order valence-corrected chi connectivity index (χ0v) is 25.1. The summed E-state index contributed by atoms with van der Waals surface area (Å²) in [6, 6.07) is 16.8. The number of halogens is 1. The third-order valence-corrected chi connectivity index (χ3v) is 10.4. The molecule has 8 heteroatoms. The van der Waals surface area contributed by atoms with E-state index in [1.54, 1.807) is 0 Å². The Hall–Kier alpha value is -2.79. The van der Waals surface area contributed by atoms with Crippen molar-refractivity contribution in [2.45, 2.75) is 45.1 Å². The Morgan fingerprint density at radius 3 is 2.34 bits per heavy atom. The predicted molar refractivity (Wildman–Crippen MR) is 166 cm³/mol. The van der Waals surface area contributed by atoms with Crippen molar-refractivity contribution in [2.24, 2.45) is 11.3 Å². The molecule has 4 heterocycles. The van der Waals surface area contributed by atoms with Crippen molar-refractivity contribution < 1.29 is 4.79 Å². The summed E-state index contributed by atoms with van der Waals surface area (Å²) in [5.41, 5.74) is 3.97. The van der Waals surface area contributed by atoms with Gasteiger partial charge in [0, 0.05) is 75.3 Å². The number of nitrogens with zero attached hydrogens (tertiary/aromatic N) is 5. The molecule has 4 saturated heterocycles. The first-order valence-electron chi connectivity index (χ1n) is 15.5. The molecule has 0 aliphatic carbocycles. The number of nitrogens with one attached hydrogen (secondary N) is 1. The van der Waals surface area contributed by atoms with Gasteiger partial charge in [0.1, 0.15) is 6.07 Å². The highest BCUT2D eigenvalue weighted by Gasteiger charge is 2.44. The number of anilines is 2. The van der Waals surface area contributed by atoms with Gasteiger partial charge in [-0.3, -0.25) is 9.69 Å². The van der Waals surface area contributed by atoms with Crippen molar-refractivity contribution in [3.05, 3.63) is 58.6 Å². The molecule has 0 saturated carbocycles. The predicted octanol–water partition coefficient (Wildman–Crippen LogP) is 4.85. The molecule has 2 aromatic rings. The molecular formula is C33H43ClN6O. The highest BCUT2D eigenvalue weighted by molar-refractivity contribution is 6.32. The van der Waals surface area contributed by atoms with Gasteiger partial charge in [0.2, 0.25) is 0 Å². The van der Waals surface area contributed by atoms with Crippen LogP contribution >= 0.6 is 11.6 Å². The Morgan fingerprint density at radius 2 is 1.68 bits per heavy atom. The van der Waals surface area contributed by atoms with E-state index in [9.17, 15) is 10.1 Å². The molecule has 1 atom stereocenters. The quantitative estimate of drug-likeness (QED) is 0.550. The van der Waals surface area contributed by atoms with Gasteiger partial charge in [-0.1, -0.05) is 11.6 Å². The first kappa shape index (κ1) is 28.3. The second kappa shape index (κ2) is 12.2. The number of hydrogen-bond acceptors (Lipinski definition) is 6. The van der Waals surface area contributed by atoms with E-state index in [2.05, 4.69) is 45.1 Å². The van der Waals surface area contributed by atoms with E-state index >= 15 is 0 Å². The number of piperidine rings is 2. The molecule has 1 spiro atoms. The number of rotatable bonds is 5. The van der Waals surface area contributed by atoms with Crippen LogP contribution in [0.2, 0.25) is 5.02 Å². The van der Waals surface area contributed by atoms with Gasteiger partial charge in [-0.15, -0.1) is 0 Å². The topological polar surface area (TPSA) is 65.9 Å². The van der Waals surface area contributed by atoms with Crippen molar-refractivity contribution in [1.82, 2.24) is 15.1 Å². The normalized spacial score (nSPS) is 23.6. The summed E-state index contributed by atoms with van der Waals surface area (Å²) in [5, 5.41) is 13.2. The summed E-state index contributed by atoms with van der Waals surface area (Å²) >= 11 is 6.35. The number of hydrogen-bond donors (Lipinski definition) is 1. The molecule has 218 valence electrons. The van der Waals surface area contributed by atoms with E-state index in [0.29, 0.717) is 22.0 Å². The second-order valence-electron chi connectivity index (χ2n) is 12.8. The highest BCUT2D eigenvalue weighted by Crippen LogP contribution is 2.46. The van der Waals surface area contributed by atoms with Gasteiger partial charge in [0.05, 0.1) is 10.6 Å². The molecule has 2 aromatic carbocycles. The lowest BCUT2D eigenvalue weighted by molar-refractivity contribution is 0.0608. The third-order valence-electron chi connectivity index (χ3n) is 10.1. The fraction of sp³-hybridized carbons (Fsp3) is 0.576. The van der Waals surface area contributed by atoms with E-state index in [0.717, 1.165) is 88.9 Å². The van der Waals surface area contributed by atoms with Crippen molar-refractivity contribution in [2.75, 3.05) is 75.2 Å². The van der Waals surface area contributed by atoms with Crippen LogP contribution in [0.3, 0.4) is 0 Å². The molecule has 41 heavy (non-hydrogen) atoms. The molecule has 4 aliphatic rings. The van der Waals surface area contributed by atoms with Gasteiger partial charge in [-0.2, -0.15) is 5.26 Å². The Bertz CT molecular complexity index is 1250. The maximum atomic E-state index is 13.2. The molecule has 0 radical (unpaired) electrons. The molecule has 1 amide bonds. The van der Waals surface area contributed by atoms with Crippen molar-refractivity contribution in [3.8, 4) is 6.07 Å². The van der Waals surface area contributed by atoms with Crippen LogP contribution in [-0.2, 0) is 0 Å². The minimum Gasteiger partial charge on any atom is -0.371 e. The van der Waals surface area contributed by atoms with Gasteiger partial charge in [-0.25, -0.2) is 0 Å². The summed E-state index contributed by atoms with van der Waals surface area (Å²) in [5.74, 6) is 0.965. The lowest BCUT2D eigenvalue weighted by atomic mass is 9.76. The number of nitriles is 1. The van der Waals surface area contributed by atoms with E-state index in [4.69, 9.17) is 11.6 Å². The molecule has 6 rings (SSSR count). The van der Waals surface area contributed by atoms with E-state index in [-0.39, 0.29) is 5.91 Å². The van der Waals surface area contributed by atoms with Crippen LogP contribution in [0.15, 0.2) is 42.5 Å². The number of piperazine rings is 1. The van der Waals surface area contributed by atoms with Gasteiger partial charge >= 0.3 is 0 Å².